The molecule has 110 valence electrons. The molecule has 0 fully saturated rings. The van der Waals surface area contributed by atoms with Gasteiger partial charge in [-0.2, -0.15) is 4.37 Å². The number of rotatable bonds is 7. The minimum Gasteiger partial charge on any atom is -0.382 e. The number of anilines is 2. The van der Waals surface area contributed by atoms with Gasteiger partial charge in [-0.3, -0.25) is 0 Å². The fraction of sp³-hybridized carbons (Fsp3) is 0.727. The lowest BCUT2D eigenvalue weighted by atomic mass is 10.1. The third-order valence-corrected chi connectivity index (χ3v) is 5.61. The van der Waals surface area contributed by atoms with Gasteiger partial charge in [-0.05, 0) is 31.8 Å². The molecule has 0 bridgehead atoms. The molecule has 0 saturated heterocycles. The van der Waals surface area contributed by atoms with Crippen molar-refractivity contribution in [2.45, 2.75) is 37.7 Å². The quantitative estimate of drug-likeness (QED) is 0.797. The van der Waals surface area contributed by atoms with E-state index in [1.165, 1.54) is 0 Å². The van der Waals surface area contributed by atoms with Gasteiger partial charge in [0.1, 0.15) is 9.90 Å². The molecular formula is C11H21N3O3S2. The maximum absolute atomic E-state index is 12.1. The second kappa shape index (κ2) is 6.06. The summed E-state index contributed by atoms with van der Waals surface area (Å²) in [6, 6.07) is 0. The normalized spacial score (nSPS) is 12.6. The molecule has 0 unspecified atom stereocenters. The minimum atomic E-state index is -3.38. The van der Waals surface area contributed by atoms with Gasteiger partial charge in [0.05, 0.1) is 11.4 Å². The summed E-state index contributed by atoms with van der Waals surface area (Å²) in [6.45, 7) is 6.10. The Morgan fingerprint density at radius 3 is 2.63 bits per heavy atom. The highest BCUT2D eigenvalue weighted by molar-refractivity contribution is 7.91. The Kier molecular flexibility index (Phi) is 5.17. The molecule has 0 amide bonds. The van der Waals surface area contributed by atoms with Gasteiger partial charge in [-0.15, -0.1) is 0 Å². The van der Waals surface area contributed by atoms with Crippen LogP contribution in [-0.2, 0) is 14.6 Å². The zero-order valence-electron chi connectivity index (χ0n) is 11.7. The predicted octanol–water partition coefficient (Wildman–Crippen LogP) is 1.75. The van der Waals surface area contributed by atoms with Gasteiger partial charge in [0.25, 0.3) is 0 Å². The topological polar surface area (TPSA) is 94.3 Å². The highest BCUT2D eigenvalue weighted by Gasteiger charge is 2.26. The van der Waals surface area contributed by atoms with E-state index in [0.717, 1.165) is 11.5 Å². The van der Waals surface area contributed by atoms with E-state index in [-0.39, 0.29) is 16.5 Å². The van der Waals surface area contributed by atoms with Gasteiger partial charge in [0, 0.05) is 13.7 Å². The smallest absolute Gasteiger partial charge is 0.185 e. The summed E-state index contributed by atoms with van der Waals surface area (Å²) in [4.78, 5) is 0.117. The van der Waals surface area contributed by atoms with Crippen LogP contribution in [0.3, 0.4) is 0 Å². The van der Waals surface area contributed by atoms with E-state index in [4.69, 9.17) is 10.5 Å². The van der Waals surface area contributed by atoms with Crippen LogP contribution in [0.15, 0.2) is 4.90 Å². The summed E-state index contributed by atoms with van der Waals surface area (Å²) in [7, 11) is -1.77. The number of hydrogen-bond donors (Lipinski definition) is 2. The van der Waals surface area contributed by atoms with E-state index in [1.807, 2.05) is 20.8 Å². The molecule has 8 heteroatoms. The highest BCUT2D eigenvalue weighted by atomic mass is 32.2. The van der Waals surface area contributed by atoms with Crippen molar-refractivity contribution in [3.05, 3.63) is 0 Å². The van der Waals surface area contributed by atoms with Crippen LogP contribution in [0.1, 0.15) is 27.2 Å². The van der Waals surface area contributed by atoms with Crippen LogP contribution in [0.25, 0.3) is 0 Å². The summed E-state index contributed by atoms with van der Waals surface area (Å²) in [5, 5.41) is 3.54. The fourth-order valence-corrected chi connectivity index (χ4v) is 4.06. The Balaban J connectivity index is 2.99. The van der Waals surface area contributed by atoms with Crippen molar-refractivity contribution in [1.82, 2.24) is 4.37 Å². The maximum atomic E-state index is 12.1. The van der Waals surface area contributed by atoms with E-state index >= 15 is 0 Å². The molecule has 0 aliphatic heterocycles. The second-order valence-electron chi connectivity index (χ2n) is 4.86. The number of aromatic nitrogens is 1. The third kappa shape index (κ3) is 4.05. The number of nitrogens with two attached hydrogens (primary N) is 1. The number of nitrogens with zero attached hydrogens (tertiary/aromatic N) is 1. The van der Waals surface area contributed by atoms with Crippen molar-refractivity contribution in [3.63, 3.8) is 0 Å². The molecule has 1 heterocycles. The Bertz CT molecular complexity index is 523. The van der Waals surface area contributed by atoms with Gasteiger partial charge >= 0.3 is 0 Å². The summed E-state index contributed by atoms with van der Waals surface area (Å²) in [5.74, 6) is 0.133. The molecule has 0 atom stereocenters. The zero-order chi connectivity index (χ0) is 14.7. The zero-order valence-corrected chi connectivity index (χ0v) is 13.3. The molecule has 0 aromatic carbocycles. The first-order chi connectivity index (χ1) is 8.73. The van der Waals surface area contributed by atoms with Crippen molar-refractivity contribution in [1.29, 1.82) is 0 Å². The first-order valence-corrected chi connectivity index (χ1v) is 8.43. The van der Waals surface area contributed by atoms with E-state index in [1.54, 1.807) is 7.11 Å². The van der Waals surface area contributed by atoms with Crippen molar-refractivity contribution < 1.29 is 13.2 Å². The maximum Gasteiger partial charge on any atom is 0.185 e. The second-order valence-corrected chi connectivity index (χ2v) is 7.68. The minimum absolute atomic E-state index is 0.0659. The third-order valence-electron chi connectivity index (χ3n) is 2.69. The van der Waals surface area contributed by atoms with Crippen LogP contribution >= 0.6 is 11.5 Å². The lowest BCUT2D eigenvalue weighted by Gasteiger charge is -2.23. The number of sulfone groups is 1. The van der Waals surface area contributed by atoms with Crippen LogP contribution in [0, 0.1) is 0 Å². The number of methoxy groups -OCH3 is 1. The largest absolute Gasteiger partial charge is 0.382 e. The van der Waals surface area contributed by atoms with Crippen molar-refractivity contribution in [3.8, 4) is 0 Å². The first-order valence-electron chi connectivity index (χ1n) is 6.00. The van der Waals surface area contributed by atoms with Crippen molar-refractivity contribution in [2.75, 3.05) is 30.5 Å². The molecule has 1 rings (SSSR count). The molecule has 19 heavy (non-hydrogen) atoms. The lowest BCUT2D eigenvalue weighted by molar-refractivity contribution is 0.0344. The molecular weight excluding hydrogens is 286 g/mol. The average molecular weight is 307 g/mol. The standard InChI is InChI=1S/C11H21N3O3S2/c1-5-6-19(15,16)8-9(12)14-18-10(8)13-7-11(2,3)17-4/h13H,5-7H2,1-4H3,(H2,12,14). The summed E-state index contributed by atoms with van der Waals surface area (Å²) in [5.41, 5.74) is 5.28. The van der Waals surface area contributed by atoms with Gasteiger partial charge in [0.2, 0.25) is 0 Å². The Morgan fingerprint density at radius 1 is 1.47 bits per heavy atom. The van der Waals surface area contributed by atoms with Crippen LogP contribution in [0.4, 0.5) is 10.8 Å². The Hall–Kier alpha value is -0.860. The van der Waals surface area contributed by atoms with Crippen LogP contribution in [0.2, 0.25) is 0 Å². The molecule has 0 aliphatic rings. The monoisotopic (exact) mass is 307 g/mol. The molecule has 0 saturated carbocycles. The summed E-state index contributed by atoms with van der Waals surface area (Å²) in [6.07, 6.45) is 0.542. The molecule has 0 aliphatic carbocycles. The van der Waals surface area contributed by atoms with Gasteiger partial charge < -0.3 is 15.8 Å². The van der Waals surface area contributed by atoms with E-state index < -0.39 is 15.4 Å². The molecule has 3 N–H and O–H groups in total. The highest BCUT2D eigenvalue weighted by Crippen LogP contribution is 2.32. The predicted molar refractivity (Wildman–Crippen MR) is 78.4 cm³/mol. The van der Waals surface area contributed by atoms with Crippen molar-refractivity contribution in [2.24, 2.45) is 0 Å². The summed E-state index contributed by atoms with van der Waals surface area (Å²) < 4.78 is 33.5. The Labute approximate surface area is 118 Å². The molecule has 6 nitrogen and oxygen atoms in total. The van der Waals surface area contributed by atoms with Crippen LogP contribution < -0.4 is 11.1 Å². The Morgan fingerprint density at radius 2 is 2.11 bits per heavy atom. The molecule has 0 spiro atoms. The van der Waals surface area contributed by atoms with E-state index in [9.17, 15) is 8.42 Å². The number of ether oxygens (including phenoxy) is 1. The van der Waals surface area contributed by atoms with Gasteiger partial charge in [-0.1, -0.05) is 6.92 Å². The van der Waals surface area contributed by atoms with E-state index in [0.29, 0.717) is 18.0 Å². The number of hydrogen-bond acceptors (Lipinski definition) is 7. The molecule has 1 aromatic heterocycles. The molecule has 1 aromatic rings. The number of nitrogen functional groups attached to an aromatic ring is 1. The fourth-order valence-electron chi connectivity index (χ4n) is 1.44. The van der Waals surface area contributed by atoms with Crippen molar-refractivity contribution >= 4 is 32.2 Å². The molecule has 0 radical (unpaired) electrons. The van der Waals surface area contributed by atoms with Crippen LogP contribution in [-0.4, -0.2) is 37.8 Å². The van der Waals surface area contributed by atoms with E-state index in [2.05, 4.69) is 9.69 Å². The SMILES string of the molecule is CCCS(=O)(=O)c1c(N)nsc1NCC(C)(C)OC. The van der Waals surface area contributed by atoms with Gasteiger partial charge in [0.15, 0.2) is 15.7 Å². The lowest BCUT2D eigenvalue weighted by Crippen LogP contribution is -2.32. The van der Waals surface area contributed by atoms with Gasteiger partial charge in [-0.25, -0.2) is 8.42 Å². The van der Waals surface area contributed by atoms with Crippen LogP contribution in [0.5, 0.6) is 0 Å². The average Bonchev–Trinajstić information content (AvgIpc) is 2.69. The number of nitrogens with one attached hydrogen (secondary N) is 1. The summed E-state index contributed by atoms with van der Waals surface area (Å²) >= 11 is 1.06. The first kappa shape index (κ1) is 16.2.